The summed E-state index contributed by atoms with van der Waals surface area (Å²) in [6.45, 7) is 0. The summed E-state index contributed by atoms with van der Waals surface area (Å²) in [6.07, 6.45) is 0. The fourth-order valence-electron chi connectivity index (χ4n) is 0.813. The minimum absolute atomic E-state index is 0.121. The zero-order chi connectivity index (χ0) is 9.14. The smallest absolute Gasteiger partial charge is 0.125 e. The van der Waals surface area contributed by atoms with E-state index in [1.54, 1.807) is 19.2 Å². The Bertz CT molecular complexity index is 310. The largest absolute Gasteiger partial charge is 0.507 e. The van der Waals surface area contributed by atoms with Gasteiger partial charge < -0.3 is 9.84 Å². The number of thiocarbonyl (C=S) groups is 1. The Kier molecular flexibility index (Phi) is 2.94. The van der Waals surface area contributed by atoms with Crippen LogP contribution in [0.1, 0.15) is 5.56 Å². The van der Waals surface area contributed by atoms with Gasteiger partial charge in [-0.1, -0.05) is 12.2 Å². The van der Waals surface area contributed by atoms with Crippen molar-refractivity contribution < 1.29 is 9.84 Å². The maximum absolute atomic E-state index is 9.31. The van der Waals surface area contributed by atoms with E-state index in [2.05, 4.69) is 12.6 Å². The fourth-order valence-corrected chi connectivity index (χ4v) is 1.16. The Balaban J connectivity index is 3.17. The maximum atomic E-state index is 9.31. The third-order valence-corrected chi connectivity index (χ3v) is 1.89. The van der Waals surface area contributed by atoms with E-state index in [1.165, 1.54) is 6.07 Å². The number of phenolic OH excluding ortho intramolecular Hbond substituents is 1. The van der Waals surface area contributed by atoms with Crippen LogP contribution in [0.25, 0.3) is 0 Å². The molecule has 1 rings (SSSR count). The molecule has 0 amide bonds. The first kappa shape index (κ1) is 9.35. The van der Waals surface area contributed by atoms with Gasteiger partial charge in [-0.15, -0.1) is 12.6 Å². The monoisotopic (exact) mass is 200 g/mol. The van der Waals surface area contributed by atoms with Crippen LogP contribution in [0.3, 0.4) is 0 Å². The first-order chi connectivity index (χ1) is 5.65. The summed E-state index contributed by atoms with van der Waals surface area (Å²) in [7, 11) is 1.55. The van der Waals surface area contributed by atoms with E-state index in [9.17, 15) is 5.11 Å². The molecular weight excluding hydrogens is 192 g/mol. The minimum atomic E-state index is 0.121. The van der Waals surface area contributed by atoms with Crippen LogP contribution in [0.15, 0.2) is 18.2 Å². The first-order valence-electron chi connectivity index (χ1n) is 3.25. The molecule has 0 aromatic heterocycles. The van der Waals surface area contributed by atoms with Crippen LogP contribution in [0.2, 0.25) is 0 Å². The lowest BCUT2D eigenvalue weighted by atomic mass is 10.2. The van der Waals surface area contributed by atoms with Gasteiger partial charge in [0.15, 0.2) is 0 Å². The van der Waals surface area contributed by atoms with Crippen molar-refractivity contribution in [3.63, 3.8) is 0 Å². The lowest BCUT2D eigenvalue weighted by Gasteiger charge is -2.04. The van der Waals surface area contributed by atoms with Crippen molar-refractivity contribution >= 4 is 29.0 Å². The second-order valence-electron chi connectivity index (χ2n) is 2.19. The number of rotatable bonds is 2. The van der Waals surface area contributed by atoms with E-state index >= 15 is 0 Å². The molecule has 0 unspecified atom stereocenters. The molecule has 4 heteroatoms. The zero-order valence-electron chi connectivity index (χ0n) is 6.44. The summed E-state index contributed by atoms with van der Waals surface area (Å²) < 4.78 is 5.31. The van der Waals surface area contributed by atoms with Gasteiger partial charge in [0.1, 0.15) is 11.5 Å². The molecule has 1 N–H and O–H groups in total. The number of phenols is 1. The average molecular weight is 200 g/mol. The number of methoxy groups -OCH3 is 1. The van der Waals surface area contributed by atoms with Crippen LogP contribution in [-0.4, -0.2) is 16.4 Å². The lowest BCUT2D eigenvalue weighted by Crippen LogP contribution is -1.90. The summed E-state index contributed by atoms with van der Waals surface area (Å²) in [6, 6.07) is 4.83. The Morgan fingerprint density at radius 2 is 2.25 bits per heavy atom. The normalized spacial score (nSPS) is 9.50. The molecule has 2 nitrogen and oxygen atoms in total. The summed E-state index contributed by atoms with van der Waals surface area (Å²) in [4.78, 5) is 0. The molecule has 0 fully saturated rings. The lowest BCUT2D eigenvalue weighted by molar-refractivity contribution is 0.412. The van der Waals surface area contributed by atoms with Crippen molar-refractivity contribution in [1.29, 1.82) is 0 Å². The second-order valence-corrected chi connectivity index (χ2v) is 3.35. The molecule has 0 atom stereocenters. The van der Waals surface area contributed by atoms with Gasteiger partial charge in [0.2, 0.25) is 0 Å². The van der Waals surface area contributed by atoms with Crippen molar-refractivity contribution in [3.8, 4) is 11.5 Å². The van der Waals surface area contributed by atoms with Gasteiger partial charge in [0.05, 0.1) is 11.3 Å². The molecule has 1 aromatic carbocycles. The van der Waals surface area contributed by atoms with E-state index in [0.29, 0.717) is 15.5 Å². The minimum Gasteiger partial charge on any atom is -0.507 e. The predicted molar refractivity (Wildman–Crippen MR) is 55.3 cm³/mol. The Hall–Kier alpha value is -0.740. The van der Waals surface area contributed by atoms with Gasteiger partial charge in [-0.05, 0) is 18.2 Å². The highest BCUT2D eigenvalue weighted by atomic mass is 32.1. The van der Waals surface area contributed by atoms with Gasteiger partial charge in [-0.3, -0.25) is 0 Å². The summed E-state index contributed by atoms with van der Waals surface area (Å²) in [5.41, 5.74) is 0.521. The van der Waals surface area contributed by atoms with Crippen molar-refractivity contribution in [3.05, 3.63) is 23.8 Å². The molecule has 0 bridgehead atoms. The molecule has 1 aromatic rings. The highest BCUT2D eigenvalue weighted by Crippen LogP contribution is 2.24. The van der Waals surface area contributed by atoms with Crippen LogP contribution in [-0.2, 0) is 0 Å². The summed E-state index contributed by atoms with van der Waals surface area (Å²) >= 11 is 8.77. The van der Waals surface area contributed by atoms with E-state index in [1.807, 2.05) is 0 Å². The van der Waals surface area contributed by atoms with Crippen molar-refractivity contribution in [2.24, 2.45) is 0 Å². The van der Waals surface area contributed by atoms with Crippen LogP contribution < -0.4 is 4.74 Å². The molecule has 0 heterocycles. The van der Waals surface area contributed by atoms with E-state index < -0.39 is 0 Å². The third-order valence-electron chi connectivity index (χ3n) is 1.43. The van der Waals surface area contributed by atoms with Gasteiger partial charge in [0, 0.05) is 5.56 Å². The number of thiol groups is 1. The SMILES string of the molecule is COc1ccc(O)c(C(=S)S)c1. The molecule has 0 spiro atoms. The highest BCUT2D eigenvalue weighted by Gasteiger charge is 2.04. The first-order valence-corrected chi connectivity index (χ1v) is 4.11. The molecular formula is C8H8O2S2. The molecule has 0 aliphatic carbocycles. The van der Waals surface area contributed by atoms with E-state index in [4.69, 9.17) is 17.0 Å². The van der Waals surface area contributed by atoms with Crippen molar-refractivity contribution in [2.45, 2.75) is 0 Å². The van der Waals surface area contributed by atoms with Crippen molar-refractivity contribution in [1.82, 2.24) is 0 Å². The summed E-state index contributed by atoms with van der Waals surface area (Å²) in [5, 5.41) is 9.31. The number of hydrogen-bond donors (Lipinski definition) is 2. The van der Waals surface area contributed by atoms with Gasteiger partial charge in [-0.25, -0.2) is 0 Å². The van der Waals surface area contributed by atoms with E-state index in [-0.39, 0.29) is 5.75 Å². The van der Waals surface area contributed by atoms with Gasteiger partial charge in [-0.2, -0.15) is 0 Å². The van der Waals surface area contributed by atoms with Crippen LogP contribution >= 0.6 is 24.8 Å². The number of ether oxygens (including phenoxy) is 1. The standard InChI is InChI=1S/C8H8O2S2/c1-10-5-2-3-7(9)6(4-5)8(11)12/h2-4,9H,1H3,(H,11,12). The zero-order valence-corrected chi connectivity index (χ0v) is 8.15. The quantitative estimate of drug-likeness (QED) is 0.565. The molecule has 0 aliphatic heterocycles. The number of aromatic hydroxyl groups is 1. The van der Waals surface area contributed by atoms with Crippen molar-refractivity contribution in [2.75, 3.05) is 7.11 Å². The number of hydrogen-bond acceptors (Lipinski definition) is 3. The maximum Gasteiger partial charge on any atom is 0.125 e. The average Bonchev–Trinajstić information content (AvgIpc) is 2.05. The highest BCUT2D eigenvalue weighted by molar-refractivity contribution is 8.11. The molecule has 64 valence electrons. The molecule has 0 radical (unpaired) electrons. The van der Waals surface area contributed by atoms with Crippen LogP contribution in [0.4, 0.5) is 0 Å². The number of benzene rings is 1. The Labute approximate surface area is 81.6 Å². The van der Waals surface area contributed by atoms with Crippen LogP contribution in [0, 0.1) is 0 Å². The fraction of sp³-hybridized carbons (Fsp3) is 0.125. The predicted octanol–water partition coefficient (Wildman–Crippen LogP) is 2.01. The topological polar surface area (TPSA) is 29.5 Å². The molecule has 0 saturated carbocycles. The Morgan fingerprint density at radius 3 is 2.75 bits per heavy atom. The molecule has 12 heavy (non-hydrogen) atoms. The van der Waals surface area contributed by atoms with Gasteiger partial charge >= 0.3 is 0 Å². The summed E-state index contributed by atoms with van der Waals surface area (Å²) in [5.74, 6) is 0.773. The second kappa shape index (κ2) is 3.78. The van der Waals surface area contributed by atoms with Gasteiger partial charge in [0.25, 0.3) is 0 Å². The third kappa shape index (κ3) is 1.89. The van der Waals surface area contributed by atoms with Crippen LogP contribution in [0.5, 0.6) is 11.5 Å². The molecule has 0 saturated heterocycles. The van der Waals surface area contributed by atoms with E-state index in [0.717, 1.165) is 0 Å². The Morgan fingerprint density at radius 1 is 1.58 bits per heavy atom. The molecule has 0 aliphatic rings.